The predicted molar refractivity (Wildman–Crippen MR) is 93.7 cm³/mol. The summed E-state index contributed by atoms with van der Waals surface area (Å²) in [6, 6.07) is 15.5. The van der Waals surface area contributed by atoms with Gasteiger partial charge in [-0.1, -0.05) is 0 Å². The van der Waals surface area contributed by atoms with E-state index in [1.165, 1.54) is 0 Å². The predicted octanol–water partition coefficient (Wildman–Crippen LogP) is 5.06. The van der Waals surface area contributed by atoms with E-state index in [2.05, 4.69) is 21.3 Å². The number of hydrogen-bond acceptors (Lipinski definition) is 6. The molecule has 0 N–H and O–H groups in total. The Morgan fingerprint density at radius 3 is 2.57 bits per heavy atom. The first-order valence-electron chi connectivity index (χ1n) is 7.15. The van der Waals surface area contributed by atoms with Crippen LogP contribution >= 0.6 is 11.3 Å². The van der Waals surface area contributed by atoms with Gasteiger partial charge in [0, 0.05) is 12.7 Å². The second kappa shape index (κ2) is 6.55. The van der Waals surface area contributed by atoms with E-state index in [1.807, 2.05) is 66.8 Å². The van der Waals surface area contributed by atoms with E-state index in [1.54, 1.807) is 11.3 Å². The number of fused-ring (bicyclic) bond motifs is 1. The molecule has 1 unspecified atom stereocenters. The van der Waals surface area contributed by atoms with E-state index < -0.39 is 0 Å². The summed E-state index contributed by atoms with van der Waals surface area (Å²) in [4.78, 5) is 6.16. The smallest absolute Gasteiger partial charge is 0.113 e. The molecule has 0 bridgehead atoms. The zero-order valence-corrected chi connectivity index (χ0v) is 13.7. The molecule has 114 valence electrons. The largest absolute Gasteiger partial charge is 0.359 e. The quantitative estimate of drug-likeness (QED) is 0.631. The molecule has 0 aliphatic heterocycles. The summed E-state index contributed by atoms with van der Waals surface area (Å²) in [5.74, 6) is 0. The van der Waals surface area contributed by atoms with Crippen LogP contribution in [0.4, 0.5) is 17.1 Å². The standard InChI is InChI=1S/C17H15N5S/c1-12(10-18)22(2)15-6-3-13(4-7-15)20-21-14-5-8-16-17(9-14)23-11-19-16/h3-9,11-12H,1-2H3. The Kier molecular flexibility index (Phi) is 4.31. The zero-order chi connectivity index (χ0) is 16.2. The lowest BCUT2D eigenvalue weighted by Gasteiger charge is -2.21. The molecular weight excluding hydrogens is 306 g/mol. The van der Waals surface area contributed by atoms with Gasteiger partial charge in [0.25, 0.3) is 0 Å². The van der Waals surface area contributed by atoms with Crippen LogP contribution in [0, 0.1) is 11.3 Å². The second-order valence-corrected chi connectivity index (χ2v) is 6.02. The fourth-order valence-corrected chi connectivity index (χ4v) is 2.80. The minimum absolute atomic E-state index is 0.173. The van der Waals surface area contributed by atoms with Crippen LogP contribution in [0.1, 0.15) is 6.92 Å². The number of rotatable bonds is 4. The Labute approximate surface area is 138 Å². The molecule has 1 atom stereocenters. The van der Waals surface area contributed by atoms with E-state index in [4.69, 9.17) is 5.26 Å². The lowest BCUT2D eigenvalue weighted by molar-refractivity contribution is 0.835. The van der Waals surface area contributed by atoms with Gasteiger partial charge in [-0.3, -0.25) is 0 Å². The summed E-state index contributed by atoms with van der Waals surface area (Å²) in [6.45, 7) is 1.86. The Morgan fingerprint density at radius 1 is 1.13 bits per heavy atom. The highest BCUT2D eigenvalue weighted by Gasteiger charge is 2.08. The van der Waals surface area contributed by atoms with Gasteiger partial charge in [-0.2, -0.15) is 15.5 Å². The third-order valence-electron chi connectivity index (χ3n) is 3.62. The average Bonchev–Trinajstić information content (AvgIpc) is 3.06. The summed E-state index contributed by atoms with van der Waals surface area (Å²) < 4.78 is 1.10. The normalized spacial score (nSPS) is 12.4. The van der Waals surface area contributed by atoms with Gasteiger partial charge in [-0.25, -0.2) is 4.98 Å². The third-order valence-corrected chi connectivity index (χ3v) is 4.41. The molecule has 0 amide bonds. The van der Waals surface area contributed by atoms with Crippen molar-refractivity contribution in [3.63, 3.8) is 0 Å². The van der Waals surface area contributed by atoms with Gasteiger partial charge in [0.15, 0.2) is 0 Å². The Balaban J connectivity index is 1.76. The Morgan fingerprint density at radius 2 is 1.83 bits per heavy atom. The van der Waals surface area contributed by atoms with Gasteiger partial charge in [-0.05, 0) is 49.4 Å². The van der Waals surface area contributed by atoms with Crippen LogP contribution in [0.5, 0.6) is 0 Å². The molecule has 0 aliphatic rings. The number of anilines is 1. The van der Waals surface area contributed by atoms with Crippen molar-refractivity contribution in [2.75, 3.05) is 11.9 Å². The van der Waals surface area contributed by atoms with E-state index >= 15 is 0 Å². The summed E-state index contributed by atoms with van der Waals surface area (Å²) in [6.07, 6.45) is 0. The van der Waals surface area contributed by atoms with Crippen molar-refractivity contribution < 1.29 is 0 Å². The second-order valence-electron chi connectivity index (χ2n) is 5.14. The van der Waals surface area contributed by atoms with E-state index in [-0.39, 0.29) is 6.04 Å². The zero-order valence-electron chi connectivity index (χ0n) is 12.8. The number of aromatic nitrogens is 1. The highest BCUT2D eigenvalue weighted by Crippen LogP contribution is 2.26. The molecule has 1 heterocycles. The molecule has 0 fully saturated rings. The fourth-order valence-electron chi connectivity index (χ4n) is 2.09. The minimum Gasteiger partial charge on any atom is -0.359 e. The first kappa shape index (κ1) is 15.1. The molecule has 0 saturated heterocycles. The fraction of sp³-hybridized carbons (Fsp3) is 0.176. The van der Waals surface area contributed by atoms with Crippen LogP contribution in [0.3, 0.4) is 0 Å². The molecule has 0 saturated carbocycles. The van der Waals surface area contributed by atoms with E-state index in [9.17, 15) is 0 Å². The van der Waals surface area contributed by atoms with Gasteiger partial charge in [0.1, 0.15) is 6.04 Å². The molecule has 6 heteroatoms. The van der Waals surface area contributed by atoms with Crippen molar-refractivity contribution >= 4 is 38.6 Å². The van der Waals surface area contributed by atoms with Crippen molar-refractivity contribution in [3.8, 4) is 6.07 Å². The van der Waals surface area contributed by atoms with E-state index in [0.29, 0.717) is 0 Å². The van der Waals surface area contributed by atoms with Crippen LogP contribution in [-0.2, 0) is 0 Å². The van der Waals surface area contributed by atoms with Crippen LogP contribution in [0.15, 0.2) is 58.2 Å². The maximum atomic E-state index is 8.96. The van der Waals surface area contributed by atoms with Gasteiger partial charge in [0.2, 0.25) is 0 Å². The number of azo groups is 1. The Bertz CT molecular complexity index is 876. The van der Waals surface area contributed by atoms with Gasteiger partial charge in [0.05, 0.1) is 33.2 Å². The summed E-state index contributed by atoms with van der Waals surface area (Å²) in [7, 11) is 1.90. The SMILES string of the molecule is CC(C#N)N(C)c1ccc(N=Nc2ccc3ncsc3c2)cc1. The summed E-state index contributed by atoms with van der Waals surface area (Å²) >= 11 is 1.59. The van der Waals surface area contributed by atoms with Crippen molar-refractivity contribution in [2.24, 2.45) is 10.2 Å². The lowest BCUT2D eigenvalue weighted by atomic mass is 10.2. The van der Waals surface area contributed by atoms with Crippen molar-refractivity contribution in [2.45, 2.75) is 13.0 Å². The number of nitrogens with zero attached hydrogens (tertiary/aromatic N) is 5. The number of hydrogen-bond donors (Lipinski definition) is 0. The van der Waals surface area contributed by atoms with Crippen LogP contribution in [0.25, 0.3) is 10.2 Å². The highest BCUT2D eigenvalue weighted by atomic mass is 32.1. The summed E-state index contributed by atoms with van der Waals surface area (Å²) in [5.41, 5.74) is 5.36. The van der Waals surface area contributed by atoms with Crippen LogP contribution < -0.4 is 4.90 Å². The molecule has 5 nitrogen and oxygen atoms in total. The molecule has 2 aromatic carbocycles. The van der Waals surface area contributed by atoms with Gasteiger partial charge in [-0.15, -0.1) is 11.3 Å². The molecule has 0 aliphatic carbocycles. The topological polar surface area (TPSA) is 64.6 Å². The lowest BCUT2D eigenvalue weighted by Crippen LogP contribution is -2.26. The first-order chi connectivity index (χ1) is 11.2. The van der Waals surface area contributed by atoms with Gasteiger partial charge < -0.3 is 4.90 Å². The molecule has 23 heavy (non-hydrogen) atoms. The molecular formula is C17H15N5S. The van der Waals surface area contributed by atoms with Crippen molar-refractivity contribution in [1.82, 2.24) is 4.98 Å². The molecule has 0 radical (unpaired) electrons. The van der Waals surface area contributed by atoms with Crippen LogP contribution in [-0.4, -0.2) is 18.1 Å². The van der Waals surface area contributed by atoms with E-state index in [0.717, 1.165) is 27.3 Å². The maximum Gasteiger partial charge on any atom is 0.113 e. The van der Waals surface area contributed by atoms with Crippen LogP contribution in [0.2, 0.25) is 0 Å². The average molecular weight is 321 g/mol. The number of benzene rings is 2. The molecule has 1 aromatic heterocycles. The van der Waals surface area contributed by atoms with Crippen molar-refractivity contribution in [3.05, 3.63) is 48.0 Å². The minimum atomic E-state index is -0.173. The third kappa shape index (κ3) is 3.35. The molecule has 0 spiro atoms. The molecule has 3 aromatic rings. The molecule has 3 rings (SSSR count). The Hall–Kier alpha value is -2.78. The highest BCUT2D eigenvalue weighted by molar-refractivity contribution is 7.16. The first-order valence-corrected chi connectivity index (χ1v) is 8.03. The summed E-state index contributed by atoms with van der Waals surface area (Å²) in [5, 5.41) is 17.5. The van der Waals surface area contributed by atoms with Crippen molar-refractivity contribution in [1.29, 1.82) is 5.26 Å². The monoisotopic (exact) mass is 321 g/mol. The number of nitriles is 1. The van der Waals surface area contributed by atoms with Gasteiger partial charge >= 0.3 is 0 Å². The maximum absolute atomic E-state index is 8.96. The number of thiazole rings is 1.